The Labute approximate surface area is 171 Å². The highest BCUT2D eigenvalue weighted by atomic mass is 16.3. The molecule has 0 fully saturated rings. The van der Waals surface area contributed by atoms with Crippen molar-refractivity contribution in [1.82, 2.24) is 24.5 Å². The molecule has 8 heteroatoms. The van der Waals surface area contributed by atoms with Gasteiger partial charge in [0.25, 0.3) is 0 Å². The van der Waals surface area contributed by atoms with E-state index in [1.807, 2.05) is 30.3 Å². The molecule has 29 heavy (non-hydrogen) atoms. The third-order valence-electron chi connectivity index (χ3n) is 5.11. The molecule has 154 valence electrons. The summed E-state index contributed by atoms with van der Waals surface area (Å²) in [6, 6.07) is 0.393. The summed E-state index contributed by atoms with van der Waals surface area (Å²) >= 11 is 0. The summed E-state index contributed by atoms with van der Waals surface area (Å²) in [6.07, 6.45) is 14.9. The largest absolute Gasteiger partial charge is 0.347 e. The molecular weight excluding hydrogens is 366 g/mol. The Kier molecular flexibility index (Phi) is 6.74. The molecular formula is C21H29N7O. The van der Waals surface area contributed by atoms with Gasteiger partial charge in [-0.05, 0) is 19.3 Å². The summed E-state index contributed by atoms with van der Waals surface area (Å²) in [5, 5.41) is 11.8. The van der Waals surface area contributed by atoms with Gasteiger partial charge in [0.05, 0.1) is 42.1 Å². The molecule has 2 aromatic rings. The van der Waals surface area contributed by atoms with Gasteiger partial charge in [0.15, 0.2) is 0 Å². The van der Waals surface area contributed by atoms with Crippen LogP contribution in [-0.4, -0.2) is 43.8 Å². The molecule has 2 aromatic heterocycles. The predicted molar refractivity (Wildman–Crippen MR) is 115 cm³/mol. The van der Waals surface area contributed by atoms with Crippen LogP contribution in [0.15, 0.2) is 52.9 Å². The van der Waals surface area contributed by atoms with Gasteiger partial charge in [-0.15, -0.1) is 0 Å². The number of hydrogen-bond acceptors (Lipinski definition) is 6. The van der Waals surface area contributed by atoms with E-state index in [4.69, 9.17) is 4.99 Å². The second-order valence-electron chi connectivity index (χ2n) is 7.11. The van der Waals surface area contributed by atoms with Gasteiger partial charge >= 0.3 is 0 Å². The van der Waals surface area contributed by atoms with Gasteiger partial charge in [0.2, 0.25) is 0 Å². The Morgan fingerprint density at radius 2 is 1.86 bits per heavy atom. The lowest BCUT2D eigenvalue weighted by Crippen LogP contribution is -2.23. The number of nitroso groups, excluding NO2 is 1. The summed E-state index contributed by atoms with van der Waals surface area (Å²) in [7, 11) is 2.03. The Balaban J connectivity index is 1.97. The molecule has 3 heterocycles. The van der Waals surface area contributed by atoms with Crippen molar-refractivity contribution < 1.29 is 0 Å². The van der Waals surface area contributed by atoms with Crippen LogP contribution >= 0.6 is 0 Å². The summed E-state index contributed by atoms with van der Waals surface area (Å²) in [5.41, 5.74) is 4.72. The van der Waals surface area contributed by atoms with Crippen molar-refractivity contribution in [3.8, 4) is 0 Å². The standard InChI is InChI=1S/C21H29N7O/c1-5-8-20-21(17-12-23-28(14-17)18(6-2)7-3)25-19(15-26(20)4)16-11-22-27(13-16)10-9-24-29/h8,11-15,18H,5-7,9-10H2,1-4H3/b20-8-. The minimum Gasteiger partial charge on any atom is -0.347 e. The fourth-order valence-electron chi connectivity index (χ4n) is 3.50. The van der Waals surface area contributed by atoms with Gasteiger partial charge in [-0.25, -0.2) is 4.99 Å². The van der Waals surface area contributed by atoms with Crippen molar-refractivity contribution in [2.75, 3.05) is 13.6 Å². The average molecular weight is 396 g/mol. The molecule has 0 spiro atoms. The number of aromatic nitrogens is 4. The van der Waals surface area contributed by atoms with Crippen LogP contribution in [0.2, 0.25) is 0 Å². The predicted octanol–water partition coefficient (Wildman–Crippen LogP) is 4.23. The van der Waals surface area contributed by atoms with Crippen LogP contribution < -0.4 is 0 Å². The van der Waals surface area contributed by atoms with Crippen LogP contribution in [0.5, 0.6) is 0 Å². The van der Waals surface area contributed by atoms with Crippen LogP contribution in [0.3, 0.4) is 0 Å². The first kappa shape index (κ1) is 20.7. The van der Waals surface area contributed by atoms with Crippen molar-refractivity contribution in [2.24, 2.45) is 10.2 Å². The van der Waals surface area contributed by atoms with Crippen LogP contribution in [-0.2, 0) is 6.54 Å². The number of likely N-dealkylation sites (N-methyl/N-ethyl adjacent to an activating group) is 1. The lowest BCUT2D eigenvalue weighted by molar-refractivity contribution is 0.428. The Bertz CT molecular complexity index is 930. The second kappa shape index (κ2) is 9.45. The molecule has 0 aliphatic carbocycles. The van der Waals surface area contributed by atoms with E-state index < -0.39 is 0 Å². The van der Waals surface area contributed by atoms with Gasteiger partial charge in [-0.3, -0.25) is 9.36 Å². The van der Waals surface area contributed by atoms with Crippen molar-refractivity contribution >= 4 is 11.4 Å². The number of allylic oxidation sites excluding steroid dienone is 2. The summed E-state index contributed by atoms with van der Waals surface area (Å²) < 4.78 is 3.76. The van der Waals surface area contributed by atoms with Crippen molar-refractivity contribution in [2.45, 2.75) is 52.6 Å². The lowest BCUT2D eigenvalue weighted by Gasteiger charge is -2.25. The average Bonchev–Trinajstić information content (AvgIpc) is 3.39. The first-order valence-electron chi connectivity index (χ1n) is 10.2. The molecule has 0 saturated heterocycles. The highest BCUT2D eigenvalue weighted by Crippen LogP contribution is 2.27. The lowest BCUT2D eigenvalue weighted by atomic mass is 10.1. The third kappa shape index (κ3) is 4.52. The molecule has 0 bridgehead atoms. The Hall–Kier alpha value is -3.03. The van der Waals surface area contributed by atoms with Crippen molar-refractivity contribution in [3.63, 3.8) is 0 Å². The number of rotatable bonds is 9. The fourth-order valence-corrected chi connectivity index (χ4v) is 3.50. The molecule has 0 saturated carbocycles. The maximum atomic E-state index is 10.4. The van der Waals surface area contributed by atoms with Crippen molar-refractivity contribution in [1.29, 1.82) is 0 Å². The molecule has 0 aromatic carbocycles. The van der Waals surface area contributed by atoms with E-state index in [1.165, 1.54) is 0 Å². The van der Waals surface area contributed by atoms with Gasteiger partial charge in [-0.2, -0.15) is 15.1 Å². The van der Waals surface area contributed by atoms with Crippen LogP contribution in [0, 0.1) is 4.91 Å². The molecule has 0 radical (unpaired) electrons. The molecule has 0 atom stereocenters. The highest BCUT2D eigenvalue weighted by Gasteiger charge is 2.22. The summed E-state index contributed by atoms with van der Waals surface area (Å²) in [4.78, 5) is 17.4. The quantitative estimate of drug-likeness (QED) is 0.595. The van der Waals surface area contributed by atoms with Crippen LogP contribution in [0.1, 0.15) is 57.2 Å². The minimum absolute atomic E-state index is 0.202. The number of hydrogen-bond donors (Lipinski definition) is 0. The maximum Gasteiger partial charge on any atom is 0.101 e. The Morgan fingerprint density at radius 1 is 1.10 bits per heavy atom. The van der Waals surface area contributed by atoms with Gasteiger partial charge in [0.1, 0.15) is 6.54 Å². The van der Waals surface area contributed by atoms with Crippen molar-refractivity contribution in [3.05, 3.63) is 58.8 Å². The molecule has 0 N–H and O–H groups in total. The fraction of sp³-hybridized carbons (Fsp3) is 0.476. The molecule has 1 aliphatic rings. The molecule has 8 nitrogen and oxygen atoms in total. The maximum absolute atomic E-state index is 10.4. The van der Waals surface area contributed by atoms with E-state index >= 15 is 0 Å². The van der Waals surface area contributed by atoms with Gasteiger partial charge < -0.3 is 4.90 Å². The highest BCUT2D eigenvalue weighted by molar-refractivity contribution is 6.15. The first-order valence-corrected chi connectivity index (χ1v) is 10.2. The zero-order chi connectivity index (χ0) is 20.8. The molecule has 0 amide bonds. The van der Waals surface area contributed by atoms with E-state index in [9.17, 15) is 4.91 Å². The normalized spacial score (nSPS) is 15.8. The van der Waals surface area contributed by atoms with Gasteiger partial charge in [-0.1, -0.05) is 32.0 Å². The van der Waals surface area contributed by atoms with Crippen LogP contribution in [0.4, 0.5) is 0 Å². The number of aliphatic imine (C=N–C) groups is 1. The summed E-state index contributed by atoms with van der Waals surface area (Å²) in [6.45, 7) is 7.15. The smallest absolute Gasteiger partial charge is 0.101 e. The van der Waals surface area contributed by atoms with E-state index in [2.05, 4.69) is 53.3 Å². The Morgan fingerprint density at radius 3 is 2.55 bits per heavy atom. The summed E-state index contributed by atoms with van der Waals surface area (Å²) in [5.74, 6) is 0. The van der Waals surface area contributed by atoms with E-state index in [0.29, 0.717) is 12.6 Å². The minimum atomic E-state index is 0.202. The second-order valence-corrected chi connectivity index (χ2v) is 7.11. The van der Waals surface area contributed by atoms with E-state index in [0.717, 1.165) is 47.5 Å². The van der Waals surface area contributed by atoms with E-state index in [1.54, 1.807) is 10.9 Å². The molecule has 0 unspecified atom stereocenters. The zero-order valence-electron chi connectivity index (χ0n) is 17.6. The van der Waals surface area contributed by atoms with E-state index in [-0.39, 0.29) is 6.54 Å². The first-order chi connectivity index (χ1) is 14.1. The topological polar surface area (TPSA) is 80.7 Å². The monoisotopic (exact) mass is 395 g/mol. The molecule has 3 rings (SSSR count). The SMILES string of the molecule is CC/C=C1/C(c2cnn(C(CC)CC)c2)=NC(c2cnn(CCN=O)c2)=CN1C. The third-order valence-corrected chi connectivity index (χ3v) is 5.11. The molecule has 1 aliphatic heterocycles. The van der Waals surface area contributed by atoms with Gasteiger partial charge in [0, 0.05) is 36.8 Å². The van der Waals surface area contributed by atoms with Crippen LogP contribution in [0.25, 0.3) is 5.70 Å². The zero-order valence-corrected chi connectivity index (χ0v) is 17.6. The number of nitrogens with zero attached hydrogens (tertiary/aromatic N) is 7.